The van der Waals surface area contributed by atoms with E-state index >= 15 is 0 Å². The van der Waals surface area contributed by atoms with Gasteiger partial charge in [-0.25, -0.2) is 0 Å². The van der Waals surface area contributed by atoms with E-state index in [2.05, 4.69) is 55.5 Å². The molecule has 0 radical (unpaired) electrons. The number of guanidine groups is 1. The van der Waals surface area contributed by atoms with Crippen LogP contribution in [0, 0.1) is 0 Å². The molecular weight excluding hydrogens is 250 g/mol. The Morgan fingerprint density at radius 1 is 1.40 bits per heavy atom. The summed E-state index contributed by atoms with van der Waals surface area (Å²) in [5, 5.41) is 6.51. The van der Waals surface area contributed by atoms with Gasteiger partial charge in [-0.3, -0.25) is 4.99 Å². The van der Waals surface area contributed by atoms with Crippen LogP contribution < -0.4 is 15.4 Å². The lowest BCUT2D eigenvalue weighted by Gasteiger charge is -2.19. The van der Waals surface area contributed by atoms with E-state index in [1.807, 2.05) is 12.1 Å². The van der Waals surface area contributed by atoms with E-state index in [4.69, 9.17) is 4.74 Å². The molecule has 1 unspecified atom stereocenters. The molecule has 0 spiro atoms. The number of hydrogen-bond acceptors (Lipinski definition) is 4. The highest BCUT2D eigenvalue weighted by atomic mass is 16.5. The van der Waals surface area contributed by atoms with E-state index in [1.54, 1.807) is 0 Å². The number of hydrogen-bond donors (Lipinski definition) is 2. The van der Waals surface area contributed by atoms with Gasteiger partial charge < -0.3 is 15.4 Å². The van der Waals surface area contributed by atoms with Gasteiger partial charge in [-0.15, -0.1) is 0 Å². The molecule has 2 rings (SSSR count). The normalized spacial score (nSPS) is 18.4. The van der Waals surface area contributed by atoms with Crippen molar-refractivity contribution in [3.05, 3.63) is 29.8 Å². The lowest BCUT2D eigenvalue weighted by atomic mass is 9.87. The van der Waals surface area contributed by atoms with Crippen LogP contribution in [-0.2, 0) is 5.41 Å². The molecule has 2 N–H and O–H groups in total. The SMILES string of the molecule is CC1CN=C(NCCOc2cccc(C(C)(C)C)c2)N1. The van der Waals surface area contributed by atoms with Crippen LogP contribution in [0.25, 0.3) is 0 Å². The van der Waals surface area contributed by atoms with E-state index in [1.165, 1.54) is 5.56 Å². The van der Waals surface area contributed by atoms with Gasteiger partial charge in [0.2, 0.25) is 0 Å². The summed E-state index contributed by atoms with van der Waals surface area (Å²) in [5.74, 6) is 1.80. The fraction of sp³-hybridized carbons (Fsp3) is 0.562. The van der Waals surface area contributed by atoms with Crippen LogP contribution in [0.5, 0.6) is 5.75 Å². The van der Waals surface area contributed by atoms with Gasteiger partial charge in [0.1, 0.15) is 12.4 Å². The van der Waals surface area contributed by atoms with Gasteiger partial charge in [-0.05, 0) is 30.0 Å². The number of aliphatic imine (C=N–C) groups is 1. The number of benzene rings is 1. The third kappa shape index (κ3) is 4.15. The standard InChI is InChI=1S/C16H25N3O/c1-12-11-18-15(19-12)17-8-9-20-14-7-5-6-13(10-14)16(2,3)4/h5-7,10,12H,8-9,11H2,1-4H3,(H2,17,18,19). The Kier molecular flexibility index (Phi) is 4.53. The van der Waals surface area contributed by atoms with Crippen molar-refractivity contribution in [2.24, 2.45) is 4.99 Å². The topological polar surface area (TPSA) is 45.7 Å². The minimum absolute atomic E-state index is 0.149. The lowest BCUT2D eigenvalue weighted by molar-refractivity contribution is 0.321. The van der Waals surface area contributed by atoms with Crippen LogP contribution in [0.3, 0.4) is 0 Å². The smallest absolute Gasteiger partial charge is 0.191 e. The maximum absolute atomic E-state index is 5.78. The zero-order valence-corrected chi connectivity index (χ0v) is 12.9. The summed E-state index contributed by atoms with van der Waals surface area (Å²) < 4.78 is 5.78. The van der Waals surface area contributed by atoms with Crippen molar-refractivity contribution in [1.82, 2.24) is 10.6 Å². The van der Waals surface area contributed by atoms with Gasteiger partial charge in [0, 0.05) is 6.04 Å². The maximum Gasteiger partial charge on any atom is 0.191 e. The first-order valence-electron chi connectivity index (χ1n) is 7.23. The number of nitrogens with one attached hydrogen (secondary N) is 2. The minimum atomic E-state index is 0.149. The molecule has 0 saturated heterocycles. The molecule has 0 aromatic heterocycles. The zero-order chi connectivity index (χ0) is 14.6. The molecule has 1 heterocycles. The molecule has 1 aromatic rings. The summed E-state index contributed by atoms with van der Waals surface area (Å²) in [6.45, 7) is 11.0. The van der Waals surface area contributed by atoms with E-state index in [0.717, 1.165) is 24.8 Å². The molecule has 0 aliphatic carbocycles. The molecule has 0 amide bonds. The van der Waals surface area contributed by atoms with Crippen molar-refractivity contribution >= 4 is 5.96 Å². The highest BCUT2D eigenvalue weighted by molar-refractivity contribution is 5.81. The molecule has 0 bridgehead atoms. The fourth-order valence-electron chi connectivity index (χ4n) is 2.05. The number of nitrogens with zero attached hydrogens (tertiary/aromatic N) is 1. The molecule has 0 saturated carbocycles. The van der Waals surface area contributed by atoms with E-state index < -0.39 is 0 Å². The van der Waals surface area contributed by atoms with Gasteiger partial charge >= 0.3 is 0 Å². The van der Waals surface area contributed by atoms with Gasteiger partial charge in [0.25, 0.3) is 0 Å². The second-order valence-electron chi connectivity index (χ2n) is 6.29. The molecule has 20 heavy (non-hydrogen) atoms. The van der Waals surface area contributed by atoms with Crippen molar-refractivity contribution in [3.8, 4) is 5.75 Å². The van der Waals surface area contributed by atoms with E-state index in [-0.39, 0.29) is 5.41 Å². The average Bonchev–Trinajstić information content (AvgIpc) is 2.80. The average molecular weight is 275 g/mol. The molecule has 4 heteroatoms. The van der Waals surface area contributed by atoms with Crippen molar-refractivity contribution in [2.45, 2.75) is 39.2 Å². The number of rotatable bonds is 4. The van der Waals surface area contributed by atoms with Gasteiger partial charge in [-0.1, -0.05) is 32.9 Å². The van der Waals surface area contributed by atoms with Gasteiger partial charge in [-0.2, -0.15) is 0 Å². The Hall–Kier alpha value is -1.71. The molecule has 0 fully saturated rings. The van der Waals surface area contributed by atoms with Crippen LogP contribution in [0.2, 0.25) is 0 Å². The second-order valence-corrected chi connectivity index (χ2v) is 6.29. The second kappa shape index (κ2) is 6.16. The molecule has 1 atom stereocenters. The zero-order valence-electron chi connectivity index (χ0n) is 12.9. The van der Waals surface area contributed by atoms with E-state index in [9.17, 15) is 0 Å². The Balaban J connectivity index is 1.77. The predicted molar refractivity (Wildman–Crippen MR) is 83.5 cm³/mol. The fourth-order valence-corrected chi connectivity index (χ4v) is 2.05. The van der Waals surface area contributed by atoms with Crippen LogP contribution in [0.15, 0.2) is 29.3 Å². The molecular formula is C16H25N3O. The summed E-state index contributed by atoms with van der Waals surface area (Å²) in [6, 6.07) is 8.75. The predicted octanol–water partition coefficient (Wildman–Crippen LogP) is 2.30. The van der Waals surface area contributed by atoms with Crippen molar-refractivity contribution < 1.29 is 4.74 Å². The van der Waals surface area contributed by atoms with Gasteiger partial charge in [0.05, 0.1) is 13.1 Å². The first kappa shape index (κ1) is 14.7. The van der Waals surface area contributed by atoms with Crippen LogP contribution >= 0.6 is 0 Å². The Labute approximate surface area is 121 Å². The third-order valence-corrected chi connectivity index (χ3v) is 3.27. The summed E-state index contributed by atoms with van der Waals surface area (Å²) in [5.41, 5.74) is 1.44. The number of ether oxygens (including phenoxy) is 1. The summed E-state index contributed by atoms with van der Waals surface area (Å²) in [6.07, 6.45) is 0. The van der Waals surface area contributed by atoms with Crippen LogP contribution in [-0.4, -0.2) is 31.7 Å². The molecule has 4 nitrogen and oxygen atoms in total. The molecule has 110 valence electrons. The maximum atomic E-state index is 5.78. The van der Waals surface area contributed by atoms with E-state index in [0.29, 0.717) is 12.6 Å². The highest BCUT2D eigenvalue weighted by Gasteiger charge is 2.14. The van der Waals surface area contributed by atoms with Crippen LogP contribution in [0.4, 0.5) is 0 Å². The Bertz CT molecular complexity index is 477. The van der Waals surface area contributed by atoms with Crippen molar-refractivity contribution in [1.29, 1.82) is 0 Å². The van der Waals surface area contributed by atoms with Crippen LogP contribution in [0.1, 0.15) is 33.3 Å². The Morgan fingerprint density at radius 3 is 2.85 bits per heavy atom. The highest BCUT2D eigenvalue weighted by Crippen LogP contribution is 2.25. The monoisotopic (exact) mass is 275 g/mol. The lowest BCUT2D eigenvalue weighted by Crippen LogP contribution is -2.39. The quantitative estimate of drug-likeness (QED) is 0.829. The third-order valence-electron chi connectivity index (χ3n) is 3.27. The Morgan fingerprint density at radius 2 is 2.20 bits per heavy atom. The molecule has 1 aromatic carbocycles. The summed E-state index contributed by atoms with van der Waals surface area (Å²) in [4.78, 5) is 4.35. The minimum Gasteiger partial charge on any atom is -0.492 e. The largest absolute Gasteiger partial charge is 0.492 e. The molecule has 1 aliphatic rings. The first-order valence-corrected chi connectivity index (χ1v) is 7.23. The van der Waals surface area contributed by atoms with Gasteiger partial charge in [0.15, 0.2) is 5.96 Å². The molecule has 1 aliphatic heterocycles. The summed E-state index contributed by atoms with van der Waals surface area (Å²) in [7, 11) is 0. The van der Waals surface area contributed by atoms with Crippen molar-refractivity contribution in [3.63, 3.8) is 0 Å². The van der Waals surface area contributed by atoms with Crippen molar-refractivity contribution in [2.75, 3.05) is 19.7 Å². The summed E-state index contributed by atoms with van der Waals surface area (Å²) >= 11 is 0. The first-order chi connectivity index (χ1) is 9.45.